The van der Waals surface area contributed by atoms with E-state index in [1.807, 2.05) is 0 Å². The molecular weight excluding hydrogens is 266 g/mol. The minimum absolute atomic E-state index is 0.0659. The smallest absolute Gasteiger partial charge is 0.351 e. The van der Waals surface area contributed by atoms with Gasteiger partial charge in [-0.25, -0.2) is 13.2 Å². The van der Waals surface area contributed by atoms with Crippen LogP contribution in [0.1, 0.15) is 6.92 Å². The summed E-state index contributed by atoms with van der Waals surface area (Å²) in [6, 6.07) is 7.80. The molecular formula is C13H17NO4S. The van der Waals surface area contributed by atoms with Crippen LogP contribution in [0.5, 0.6) is 0 Å². The molecule has 0 aliphatic rings. The molecule has 1 aromatic rings. The molecule has 0 aliphatic carbocycles. The third kappa shape index (κ3) is 3.82. The summed E-state index contributed by atoms with van der Waals surface area (Å²) in [6.45, 7) is 1.74. The zero-order chi connectivity index (χ0) is 14.5. The molecule has 5 nitrogen and oxygen atoms in total. The molecule has 6 heteroatoms. The Morgan fingerprint density at radius 2 is 1.84 bits per heavy atom. The Balaban J connectivity index is 3.30. The topological polar surface area (TPSA) is 63.7 Å². The van der Waals surface area contributed by atoms with Crippen molar-refractivity contribution in [3.05, 3.63) is 41.4 Å². The first-order valence-electron chi connectivity index (χ1n) is 5.75. The molecule has 0 bridgehead atoms. The fourth-order valence-corrected chi connectivity index (χ4v) is 2.79. The van der Waals surface area contributed by atoms with Crippen molar-refractivity contribution in [1.82, 2.24) is 4.90 Å². The van der Waals surface area contributed by atoms with E-state index in [0.717, 1.165) is 0 Å². The first-order valence-corrected chi connectivity index (χ1v) is 7.23. The summed E-state index contributed by atoms with van der Waals surface area (Å²) in [4.78, 5) is 13.0. The molecule has 0 saturated carbocycles. The largest absolute Gasteiger partial charge is 0.462 e. The van der Waals surface area contributed by atoms with Crippen LogP contribution in [0.3, 0.4) is 0 Å². The second kappa shape index (κ2) is 6.38. The van der Waals surface area contributed by atoms with Crippen LogP contribution in [0.25, 0.3) is 0 Å². The first kappa shape index (κ1) is 15.2. The Hall–Kier alpha value is -1.82. The Morgan fingerprint density at radius 3 is 2.32 bits per heavy atom. The number of esters is 1. The number of sulfone groups is 1. The molecule has 0 heterocycles. The van der Waals surface area contributed by atoms with Gasteiger partial charge in [-0.05, 0) is 19.1 Å². The maximum Gasteiger partial charge on any atom is 0.351 e. The lowest BCUT2D eigenvalue weighted by molar-refractivity contribution is -0.137. The molecule has 0 aromatic heterocycles. The summed E-state index contributed by atoms with van der Waals surface area (Å²) < 4.78 is 29.6. The predicted molar refractivity (Wildman–Crippen MR) is 72.0 cm³/mol. The Bertz CT molecular complexity index is 562. The number of benzene rings is 1. The van der Waals surface area contributed by atoms with Gasteiger partial charge in [0.25, 0.3) is 0 Å². The lowest BCUT2D eigenvalue weighted by Crippen LogP contribution is -2.19. The number of hydrogen-bond acceptors (Lipinski definition) is 5. The van der Waals surface area contributed by atoms with E-state index in [-0.39, 0.29) is 16.4 Å². The standard InChI is InChI=1S/C13H17NO4S/c1-4-18-13(15)12(10-14(2)3)19(16,17)11-8-6-5-7-9-11/h5-10H,4H2,1-3H3. The Kier molecular flexibility index (Phi) is 5.11. The van der Waals surface area contributed by atoms with Crippen LogP contribution in [-0.2, 0) is 19.4 Å². The maximum absolute atomic E-state index is 12.4. The van der Waals surface area contributed by atoms with E-state index in [4.69, 9.17) is 4.74 Å². The van der Waals surface area contributed by atoms with Crippen molar-refractivity contribution in [3.63, 3.8) is 0 Å². The first-order chi connectivity index (χ1) is 8.89. The highest BCUT2D eigenvalue weighted by Gasteiger charge is 2.28. The third-order valence-electron chi connectivity index (χ3n) is 2.20. The highest BCUT2D eigenvalue weighted by Crippen LogP contribution is 2.20. The van der Waals surface area contributed by atoms with Gasteiger partial charge in [-0.15, -0.1) is 0 Å². The summed E-state index contributed by atoms with van der Waals surface area (Å²) in [7, 11) is -0.595. The maximum atomic E-state index is 12.4. The molecule has 19 heavy (non-hydrogen) atoms. The van der Waals surface area contributed by atoms with E-state index in [2.05, 4.69) is 0 Å². The molecule has 0 N–H and O–H groups in total. The number of rotatable bonds is 5. The molecule has 0 aliphatic heterocycles. The lowest BCUT2D eigenvalue weighted by atomic mass is 10.4. The zero-order valence-electron chi connectivity index (χ0n) is 11.2. The monoisotopic (exact) mass is 283 g/mol. The van der Waals surface area contributed by atoms with Gasteiger partial charge in [0, 0.05) is 20.3 Å². The van der Waals surface area contributed by atoms with E-state index < -0.39 is 15.8 Å². The minimum Gasteiger partial charge on any atom is -0.462 e. The molecule has 0 atom stereocenters. The van der Waals surface area contributed by atoms with Crippen molar-refractivity contribution in [2.75, 3.05) is 20.7 Å². The van der Waals surface area contributed by atoms with Crippen molar-refractivity contribution in [3.8, 4) is 0 Å². The van der Waals surface area contributed by atoms with Crippen LogP contribution in [0.2, 0.25) is 0 Å². The highest BCUT2D eigenvalue weighted by atomic mass is 32.2. The zero-order valence-corrected chi connectivity index (χ0v) is 12.0. The van der Waals surface area contributed by atoms with Gasteiger partial charge in [0.1, 0.15) is 0 Å². The van der Waals surface area contributed by atoms with Crippen molar-refractivity contribution in [2.24, 2.45) is 0 Å². The molecule has 0 unspecified atom stereocenters. The van der Waals surface area contributed by atoms with Crippen molar-refractivity contribution >= 4 is 15.8 Å². The van der Waals surface area contributed by atoms with Gasteiger partial charge in [0.15, 0.2) is 4.91 Å². The number of ether oxygens (including phenoxy) is 1. The van der Waals surface area contributed by atoms with Gasteiger partial charge >= 0.3 is 5.97 Å². The van der Waals surface area contributed by atoms with Gasteiger partial charge in [-0.3, -0.25) is 0 Å². The third-order valence-corrected chi connectivity index (χ3v) is 3.94. The summed E-state index contributed by atoms with van der Waals surface area (Å²) in [5.41, 5.74) is 0. The van der Waals surface area contributed by atoms with Gasteiger partial charge in [0.05, 0.1) is 11.5 Å². The predicted octanol–water partition coefficient (Wildman–Crippen LogP) is 1.43. The van der Waals surface area contributed by atoms with Gasteiger partial charge in [0.2, 0.25) is 9.84 Å². The van der Waals surface area contributed by atoms with Crippen LogP contribution >= 0.6 is 0 Å². The second-order valence-corrected chi connectivity index (χ2v) is 5.91. The number of carbonyl (C=O) groups is 1. The molecule has 0 radical (unpaired) electrons. The lowest BCUT2D eigenvalue weighted by Gasteiger charge is -2.12. The SMILES string of the molecule is CCOC(=O)C(=CN(C)C)S(=O)(=O)c1ccccc1. The average Bonchev–Trinajstić information content (AvgIpc) is 2.37. The van der Waals surface area contributed by atoms with E-state index in [1.54, 1.807) is 39.2 Å². The molecule has 104 valence electrons. The molecule has 0 fully saturated rings. The molecule has 1 aromatic carbocycles. The van der Waals surface area contributed by atoms with Gasteiger partial charge in [-0.1, -0.05) is 18.2 Å². The van der Waals surface area contributed by atoms with Crippen LogP contribution in [-0.4, -0.2) is 40.0 Å². The van der Waals surface area contributed by atoms with E-state index >= 15 is 0 Å². The fraction of sp³-hybridized carbons (Fsp3) is 0.308. The molecule has 0 saturated heterocycles. The number of carbonyl (C=O) groups excluding carboxylic acids is 1. The summed E-state index contributed by atoms with van der Waals surface area (Å²) in [6.07, 6.45) is 1.25. The van der Waals surface area contributed by atoms with Gasteiger partial charge in [-0.2, -0.15) is 0 Å². The normalized spacial score (nSPS) is 12.1. The second-order valence-electron chi connectivity index (χ2n) is 3.99. The van der Waals surface area contributed by atoms with Crippen molar-refractivity contribution in [2.45, 2.75) is 11.8 Å². The highest BCUT2D eigenvalue weighted by molar-refractivity contribution is 7.96. The van der Waals surface area contributed by atoms with Crippen LogP contribution in [0.15, 0.2) is 46.3 Å². The van der Waals surface area contributed by atoms with Crippen LogP contribution in [0.4, 0.5) is 0 Å². The average molecular weight is 283 g/mol. The number of hydrogen-bond donors (Lipinski definition) is 0. The molecule has 0 spiro atoms. The van der Waals surface area contributed by atoms with Crippen molar-refractivity contribution in [1.29, 1.82) is 0 Å². The van der Waals surface area contributed by atoms with Crippen LogP contribution < -0.4 is 0 Å². The molecule has 1 rings (SSSR count). The van der Waals surface area contributed by atoms with E-state index in [9.17, 15) is 13.2 Å². The minimum atomic E-state index is -3.87. The van der Waals surface area contributed by atoms with E-state index in [0.29, 0.717) is 0 Å². The Morgan fingerprint density at radius 1 is 1.26 bits per heavy atom. The summed E-state index contributed by atoms with van der Waals surface area (Å²) >= 11 is 0. The van der Waals surface area contributed by atoms with Crippen molar-refractivity contribution < 1.29 is 17.9 Å². The van der Waals surface area contributed by atoms with Gasteiger partial charge < -0.3 is 9.64 Å². The van der Waals surface area contributed by atoms with Crippen LogP contribution in [0, 0.1) is 0 Å². The fourth-order valence-electron chi connectivity index (χ4n) is 1.40. The Labute approximate surface area is 113 Å². The number of nitrogens with zero attached hydrogens (tertiary/aromatic N) is 1. The van der Waals surface area contributed by atoms with E-state index in [1.165, 1.54) is 23.2 Å². The quantitative estimate of drug-likeness (QED) is 0.604. The molecule has 0 amide bonds. The summed E-state index contributed by atoms with van der Waals surface area (Å²) in [5.74, 6) is -0.847. The summed E-state index contributed by atoms with van der Waals surface area (Å²) in [5, 5.41) is 0.